The number of carbonyl (C=O) groups is 1. The van der Waals surface area contributed by atoms with Gasteiger partial charge in [-0.3, -0.25) is 4.79 Å². The van der Waals surface area contributed by atoms with Crippen molar-refractivity contribution in [3.8, 4) is 0 Å². The van der Waals surface area contributed by atoms with Gasteiger partial charge in [-0.1, -0.05) is 65.2 Å². The molecule has 0 unspecified atom stereocenters. The van der Waals surface area contributed by atoms with E-state index in [1.807, 2.05) is 31.2 Å². The molecule has 0 aliphatic rings. The van der Waals surface area contributed by atoms with Crippen LogP contribution in [0.3, 0.4) is 0 Å². The van der Waals surface area contributed by atoms with Crippen LogP contribution in [0, 0.1) is 20.8 Å². The second kappa shape index (κ2) is 10.7. The first-order valence-corrected chi connectivity index (χ1v) is 12.6. The van der Waals surface area contributed by atoms with Gasteiger partial charge < -0.3 is 5.32 Å². The van der Waals surface area contributed by atoms with Crippen LogP contribution in [-0.4, -0.2) is 25.2 Å². The molecule has 0 heterocycles. The highest BCUT2D eigenvalue weighted by atomic mass is 35.5. The van der Waals surface area contributed by atoms with Gasteiger partial charge in [-0.2, -0.15) is 4.31 Å². The quantitative estimate of drug-likeness (QED) is 0.444. The standard InChI is InChI=1S/C25H26Cl2N2O3S/c1-17-12-18(2)25(19(3)13-17)33(31,32)29(15-21-6-10-23(27)11-7-21)16-24(30)28-14-20-4-8-22(26)9-5-20/h4-13H,14-16H2,1-3H3,(H,28,30). The molecule has 8 heteroatoms. The summed E-state index contributed by atoms with van der Waals surface area (Å²) in [6, 6.07) is 17.7. The van der Waals surface area contributed by atoms with Gasteiger partial charge in [0.2, 0.25) is 15.9 Å². The highest BCUT2D eigenvalue weighted by molar-refractivity contribution is 7.89. The summed E-state index contributed by atoms with van der Waals surface area (Å²) in [5, 5.41) is 3.96. The lowest BCUT2D eigenvalue weighted by Gasteiger charge is -2.24. The molecule has 3 rings (SSSR count). The maximum absolute atomic E-state index is 13.7. The lowest BCUT2D eigenvalue weighted by atomic mass is 10.1. The maximum atomic E-state index is 13.7. The van der Waals surface area contributed by atoms with E-state index in [2.05, 4.69) is 5.32 Å². The van der Waals surface area contributed by atoms with E-state index in [-0.39, 0.29) is 24.5 Å². The third-order valence-electron chi connectivity index (χ3n) is 5.20. The smallest absolute Gasteiger partial charge is 0.244 e. The molecule has 0 saturated carbocycles. The van der Waals surface area contributed by atoms with Crippen LogP contribution < -0.4 is 5.32 Å². The van der Waals surface area contributed by atoms with Crippen molar-refractivity contribution in [3.05, 3.63) is 98.5 Å². The first-order valence-electron chi connectivity index (χ1n) is 10.4. The Labute approximate surface area is 205 Å². The van der Waals surface area contributed by atoms with Crippen molar-refractivity contribution in [2.24, 2.45) is 0 Å². The number of rotatable bonds is 8. The van der Waals surface area contributed by atoms with Crippen molar-refractivity contribution in [3.63, 3.8) is 0 Å². The monoisotopic (exact) mass is 504 g/mol. The van der Waals surface area contributed by atoms with Gasteiger partial charge in [0.25, 0.3) is 0 Å². The average Bonchev–Trinajstić information content (AvgIpc) is 2.73. The molecule has 174 valence electrons. The number of hydrogen-bond acceptors (Lipinski definition) is 3. The van der Waals surface area contributed by atoms with Gasteiger partial charge in [-0.05, 0) is 67.3 Å². The molecule has 0 aliphatic heterocycles. The molecule has 3 aromatic rings. The fraction of sp³-hybridized carbons (Fsp3) is 0.240. The Kier molecular flexibility index (Phi) is 8.19. The van der Waals surface area contributed by atoms with Crippen molar-refractivity contribution in [1.82, 2.24) is 9.62 Å². The van der Waals surface area contributed by atoms with Crippen molar-refractivity contribution in [2.45, 2.75) is 38.8 Å². The number of amides is 1. The molecule has 0 bridgehead atoms. The molecule has 33 heavy (non-hydrogen) atoms. The first kappa shape index (κ1) is 25.2. The van der Waals surface area contributed by atoms with E-state index in [1.54, 1.807) is 50.2 Å². The molecular formula is C25H26Cl2N2O3S. The summed E-state index contributed by atoms with van der Waals surface area (Å²) < 4.78 is 28.6. The summed E-state index contributed by atoms with van der Waals surface area (Å²) in [4.78, 5) is 13.0. The number of benzene rings is 3. The Morgan fingerprint density at radius 1 is 0.848 bits per heavy atom. The zero-order chi connectivity index (χ0) is 24.2. The molecule has 0 aliphatic carbocycles. The van der Waals surface area contributed by atoms with E-state index in [1.165, 1.54) is 4.31 Å². The molecule has 0 fully saturated rings. The molecule has 0 spiro atoms. The van der Waals surface area contributed by atoms with E-state index in [0.29, 0.717) is 21.2 Å². The minimum atomic E-state index is -3.95. The highest BCUT2D eigenvalue weighted by Gasteiger charge is 2.30. The molecule has 0 aromatic heterocycles. The summed E-state index contributed by atoms with van der Waals surface area (Å²) in [6.45, 7) is 5.47. The van der Waals surface area contributed by atoms with Crippen LogP contribution in [0.2, 0.25) is 10.0 Å². The largest absolute Gasteiger partial charge is 0.351 e. The fourth-order valence-corrected chi connectivity index (χ4v) is 5.79. The third-order valence-corrected chi connectivity index (χ3v) is 7.80. The van der Waals surface area contributed by atoms with Crippen molar-refractivity contribution in [2.75, 3.05) is 6.54 Å². The van der Waals surface area contributed by atoms with Crippen molar-refractivity contribution < 1.29 is 13.2 Å². The first-order chi connectivity index (χ1) is 15.6. The fourth-order valence-electron chi connectivity index (χ4n) is 3.74. The van der Waals surface area contributed by atoms with E-state index in [9.17, 15) is 13.2 Å². The van der Waals surface area contributed by atoms with E-state index in [4.69, 9.17) is 23.2 Å². The Hall–Kier alpha value is -2.38. The van der Waals surface area contributed by atoms with Gasteiger partial charge in [-0.25, -0.2) is 8.42 Å². The molecule has 0 atom stereocenters. The average molecular weight is 505 g/mol. The molecule has 0 radical (unpaired) electrons. The van der Waals surface area contributed by atoms with Gasteiger partial charge in [-0.15, -0.1) is 0 Å². The number of nitrogens with zero attached hydrogens (tertiary/aromatic N) is 1. The Bertz CT molecular complexity index is 1220. The van der Waals surface area contributed by atoms with Crippen LogP contribution >= 0.6 is 23.2 Å². The second-order valence-corrected chi connectivity index (χ2v) is 10.8. The minimum absolute atomic E-state index is 0.0423. The summed E-state index contributed by atoms with van der Waals surface area (Å²) in [5.74, 6) is -0.398. The van der Waals surface area contributed by atoms with E-state index < -0.39 is 15.9 Å². The zero-order valence-electron chi connectivity index (χ0n) is 18.7. The van der Waals surface area contributed by atoms with Crippen LogP contribution in [0.15, 0.2) is 65.6 Å². The van der Waals surface area contributed by atoms with E-state index >= 15 is 0 Å². The van der Waals surface area contributed by atoms with Gasteiger partial charge in [0.05, 0.1) is 11.4 Å². The van der Waals surface area contributed by atoms with Crippen LogP contribution in [-0.2, 0) is 27.9 Å². The molecule has 5 nitrogen and oxygen atoms in total. The number of halogens is 2. The summed E-state index contributed by atoms with van der Waals surface area (Å²) in [5.41, 5.74) is 3.88. The Balaban J connectivity index is 1.87. The van der Waals surface area contributed by atoms with Gasteiger partial charge in [0, 0.05) is 23.1 Å². The second-order valence-electron chi connectivity index (χ2n) is 8.03. The molecule has 1 N–H and O–H groups in total. The summed E-state index contributed by atoms with van der Waals surface area (Å²) in [6.07, 6.45) is 0. The van der Waals surface area contributed by atoms with Crippen molar-refractivity contribution in [1.29, 1.82) is 0 Å². The predicted octanol–water partition coefficient (Wildman–Crippen LogP) is 5.43. The van der Waals surface area contributed by atoms with E-state index in [0.717, 1.165) is 16.7 Å². The molecule has 0 saturated heterocycles. The lowest BCUT2D eigenvalue weighted by Crippen LogP contribution is -2.40. The minimum Gasteiger partial charge on any atom is -0.351 e. The number of sulfonamides is 1. The topological polar surface area (TPSA) is 66.5 Å². The zero-order valence-corrected chi connectivity index (χ0v) is 21.1. The Morgan fingerprint density at radius 2 is 1.33 bits per heavy atom. The molecule has 3 aromatic carbocycles. The van der Waals surface area contributed by atoms with Crippen LogP contribution in [0.5, 0.6) is 0 Å². The van der Waals surface area contributed by atoms with Crippen LogP contribution in [0.1, 0.15) is 27.8 Å². The number of hydrogen-bond donors (Lipinski definition) is 1. The molecule has 1 amide bonds. The van der Waals surface area contributed by atoms with Crippen LogP contribution in [0.4, 0.5) is 0 Å². The Morgan fingerprint density at radius 3 is 1.85 bits per heavy atom. The summed E-state index contributed by atoms with van der Waals surface area (Å²) in [7, 11) is -3.95. The SMILES string of the molecule is Cc1cc(C)c(S(=O)(=O)N(CC(=O)NCc2ccc(Cl)cc2)Cc2ccc(Cl)cc2)c(C)c1. The van der Waals surface area contributed by atoms with Crippen molar-refractivity contribution >= 4 is 39.1 Å². The maximum Gasteiger partial charge on any atom is 0.244 e. The molecular weight excluding hydrogens is 479 g/mol. The highest BCUT2D eigenvalue weighted by Crippen LogP contribution is 2.26. The summed E-state index contributed by atoms with van der Waals surface area (Å²) >= 11 is 11.9. The predicted molar refractivity (Wildman–Crippen MR) is 133 cm³/mol. The van der Waals surface area contributed by atoms with Crippen LogP contribution in [0.25, 0.3) is 0 Å². The lowest BCUT2D eigenvalue weighted by molar-refractivity contribution is -0.121. The third kappa shape index (κ3) is 6.58. The normalized spacial score (nSPS) is 11.6. The van der Waals surface area contributed by atoms with Gasteiger partial charge in [0.15, 0.2) is 0 Å². The number of aryl methyl sites for hydroxylation is 3. The van der Waals surface area contributed by atoms with Gasteiger partial charge in [0.1, 0.15) is 0 Å². The number of carbonyl (C=O) groups excluding carboxylic acids is 1. The number of nitrogens with one attached hydrogen (secondary N) is 1. The van der Waals surface area contributed by atoms with Gasteiger partial charge >= 0.3 is 0 Å².